The standard InChI is InChI=1S/C51H43N.C2H6/c1-8-18-33(9-2)27-35-22-14-16-24-39(35)46(38-23-15-13-19-32(38)3)37-29-41-40-28-36(34-20-11-10-12-21-34)30-44-47(40)52-48(41)45(31-37)51(6,7)43-26-17-25-42(49(43)52)50(44,4)5;1-2/h8-31H,1-2H2,3-7H3;1-2H3/b33-18+,35-27+,46-39-;. The Hall–Kier alpha value is -5.92. The van der Waals surface area contributed by atoms with Gasteiger partial charge in [-0.15, -0.1) is 0 Å². The minimum Gasteiger partial charge on any atom is -0.308 e. The largest absolute Gasteiger partial charge is 0.308 e. The summed E-state index contributed by atoms with van der Waals surface area (Å²) < 4.78 is 2.63. The molecule has 3 heterocycles. The van der Waals surface area contributed by atoms with Gasteiger partial charge in [-0.3, -0.25) is 0 Å². The maximum atomic E-state index is 4.10. The zero-order chi connectivity index (χ0) is 37.9. The monoisotopic (exact) mass is 699 g/mol. The first kappa shape index (κ1) is 35.1. The minimum absolute atomic E-state index is 0.176. The Morgan fingerprint density at radius 3 is 1.89 bits per heavy atom. The van der Waals surface area contributed by atoms with Crippen LogP contribution in [-0.4, -0.2) is 4.57 Å². The van der Waals surface area contributed by atoms with Crippen molar-refractivity contribution in [2.75, 3.05) is 0 Å². The summed E-state index contributed by atoms with van der Waals surface area (Å²) in [5.41, 5.74) is 17.6. The van der Waals surface area contributed by atoms with Crippen LogP contribution in [0.25, 0.3) is 50.3 Å². The van der Waals surface area contributed by atoms with Gasteiger partial charge in [0.15, 0.2) is 0 Å². The summed E-state index contributed by atoms with van der Waals surface area (Å²) in [6.45, 7) is 24.0. The third-order valence-corrected chi connectivity index (χ3v) is 11.8. The molecule has 7 aromatic rings. The van der Waals surface area contributed by atoms with Gasteiger partial charge in [-0.1, -0.05) is 170 Å². The fourth-order valence-corrected chi connectivity index (χ4v) is 9.13. The summed E-state index contributed by atoms with van der Waals surface area (Å²) in [7, 11) is 0. The van der Waals surface area contributed by atoms with Gasteiger partial charge >= 0.3 is 0 Å². The number of allylic oxidation sites excluding steroid dienone is 4. The molecular weight excluding hydrogens is 651 g/mol. The van der Waals surface area contributed by atoms with Gasteiger partial charge < -0.3 is 4.57 Å². The van der Waals surface area contributed by atoms with E-state index in [1.165, 1.54) is 88.4 Å². The summed E-state index contributed by atoms with van der Waals surface area (Å²) in [5, 5.41) is 4.95. The molecule has 0 spiro atoms. The number of aryl methyl sites for hydroxylation is 1. The lowest BCUT2D eigenvalue weighted by molar-refractivity contribution is 0.593. The molecule has 0 bridgehead atoms. The number of nitrogens with zero attached hydrogens (tertiary/aromatic N) is 1. The van der Waals surface area contributed by atoms with E-state index < -0.39 is 0 Å². The molecule has 0 unspecified atom stereocenters. The predicted molar refractivity (Wildman–Crippen MR) is 233 cm³/mol. The maximum absolute atomic E-state index is 4.10. The van der Waals surface area contributed by atoms with E-state index in [2.05, 4.69) is 180 Å². The van der Waals surface area contributed by atoms with Crippen molar-refractivity contribution in [1.82, 2.24) is 4.57 Å². The van der Waals surface area contributed by atoms with Crippen molar-refractivity contribution >= 4 is 33.5 Å². The van der Waals surface area contributed by atoms with Gasteiger partial charge in [0.2, 0.25) is 0 Å². The first-order valence-electron chi connectivity index (χ1n) is 19.3. The van der Waals surface area contributed by atoms with Crippen LogP contribution in [0.3, 0.4) is 0 Å². The average Bonchev–Trinajstić information content (AvgIpc) is 3.52. The van der Waals surface area contributed by atoms with Gasteiger partial charge in [0.05, 0.1) is 16.7 Å². The molecule has 9 rings (SSSR count). The molecule has 0 N–H and O–H groups in total. The van der Waals surface area contributed by atoms with E-state index in [0.29, 0.717) is 0 Å². The molecular formula is C53H49N. The Morgan fingerprint density at radius 2 is 1.22 bits per heavy atom. The van der Waals surface area contributed by atoms with Gasteiger partial charge in [0.1, 0.15) is 0 Å². The Kier molecular flexibility index (Phi) is 8.58. The Labute approximate surface area is 320 Å². The molecule has 54 heavy (non-hydrogen) atoms. The number of hydrogen-bond acceptors (Lipinski definition) is 0. The first-order valence-corrected chi connectivity index (χ1v) is 19.3. The van der Waals surface area contributed by atoms with Crippen LogP contribution in [0.1, 0.15) is 80.5 Å². The highest BCUT2D eigenvalue weighted by Crippen LogP contribution is 2.56. The van der Waals surface area contributed by atoms with Crippen molar-refractivity contribution in [3.63, 3.8) is 0 Å². The van der Waals surface area contributed by atoms with Crippen molar-refractivity contribution in [1.29, 1.82) is 0 Å². The highest BCUT2D eigenvalue weighted by atomic mass is 15.0. The number of aromatic nitrogens is 1. The molecule has 0 amide bonds. The van der Waals surface area contributed by atoms with Gasteiger partial charge in [-0.2, -0.15) is 0 Å². The lowest BCUT2D eigenvalue weighted by Gasteiger charge is -2.42. The van der Waals surface area contributed by atoms with E-state index >= 15 is 0 Å². The third kappa shape index (κ3) is 5.13. The number of rotatable bonds is 6. The van der Waals surface area contributed by atoms with E-state index in [-0.39, 0.29) is 10.8 Å². The predicted octanol–water partition coefficient (Wildman–Crippen LogP) is 12.4. The molecule has 6 aromatic carbocycles. The van der Waals surface area contributed by atoms with Crippen LogP contribution in [0.4, 0.5) is 0 Å². The van der Waals surface area contributed by atoms with E-state index in [1.807, 2.05) is 32.1 Å². The molecule has 2 aliphatic heterocycles. The van der Waals surface area contributed by atoms with Crippen LogP contribution < -0.4 is 10.4 Å². The molecule has 1 aromatic heterocycles. The quantitative estimate of drug-likeness (QED) is 0.152. The zero-order valence-corrected chi connectivity index (χ0v) is 32.7. The van der Waals surface area contributed by atoms with Crippen LogP contribution in [0, 0.1) is 6.92 Å². The summed E-state index contributed by atoms with van der Waals surface area (Å²) >= 11 is 0. The first-order chi connectivity index (χ1) is 26.1. The van der Waals surface area contributed by atoms with Crippen molar-refractivity contribution in [2.45, 2.75) is 59.3 Å². The number of benzene rings is 6. The third-order valence-electron chi connectivity index (χ3n) is 11.8. The second kappa shape index (κ2) is 13.2. The highest BCUT2D eigenvalue weighted by Gasteiger charge is 2.43. The smallest absolute Gasteiger partial charge is 0.0582 e. The molecule has 0 saturated heterocycles. The van der Waals surface area contributed by atoms with Crippen molar-refractivity contribution < 1.29 is 0 Å². The molecule has 2 aliphatic rings. The maximum Gasteiger partial charge on any atom is 0.0582 e. The Bertz CT molecular complexity index is 2820. The number of fused-ring (bicyclic) bond motifs is 1. The number of hydrogen-bond donors (Lipinski definition) is 0. The van der Waals surface area contributed by atoms with Crippen LogP contribution >= 0.6 is 0 Å². The van der Waals surface area contributed by atoms with Gasteiger partial charge in [0.25, 0.3) is 0 Å². The molecule has 0 radical (unpaired) electrons. The topological polar surface area (TPSA) is 4.93 Å². The van der Waals surface area contributed by atoms with E-state index in [0.717, 1.165) is 10.8 Å². The van der Waals surface area contributed by atoms with E-state index in [1.54, 1.807) is 0 Å². The van der Waals surface area contributed by atoms with Gasteiger partial charge in [-0.05, 0) is 109 Å². The average molecular weight is 700 g/mol. The molecule has 0 aliphatic carbocycles. The molecule has 1 nitrogen and oxygen atoms in total. The van der Waals surface area contributed by atoms with Crippen LogP contribution in [0.2, 0.25) is 0 Å². The summed E-state index contributed by atoms with van der Waals surface area (Å²) in [6.07, 6.45) is 7.96. The Balaban J connectivity index is 0.00000203. The van der Waals surface area contributed by atoms with Crippen molar-refractivity contribution in [3.8, 4) is 16.8 Å². The fraction of sp³-hybridized carbons (Fsp3) is 0.170. The summed E-state index contributed by atoms with van der Waals surface area (Å²) in [6, 6.07) is 45.4. The molecule has 266 valence electrons. The zero-order valence-electron chi connectivity index (χ0n) is 32.7. The van der Waals surface area contributed by atoms with Crippen molar-refractivity contribution in [2.24, 2.45) is 0 Å². The van der Waals surface area contributed by atoms with Gasteiger partial charge in [-0.25, -0.2) is 0 Å². The molecule has 0 atom stereocenters. The van der Waals surface area contributed by atoms with Crippen LogP contribution in [0.15, 0.2) is 158 Å². The van der Waals surface area contributed by atoms with Crippen LogP contribution in [-0.2, 0) is 10.8 Å². The molecule has 0 saturated carbocycles. The molecule has 0 fully saturated rings. The lowest BCUT2D eigenvalue weighted by atomic mass is 9.68. The second-order valence-electron chi connectivity index (χ2n) is 15.5. The van der Waals surface area contributed by atoms with E-state index in [9.17, 15) is 0 Å². The number of para-hydroxylation sites is 1. The normalized spacial score (nSPS) is 15.5. The summed E-state index contributed by atoms with van der Waals surface area (Å²) in [4.78, 5) is 0. The summed E-state index contributed by atoms with van der Waals surface area (Å²) in [5.74, 6) is 0. The lowest BCUT2D eigenvalue weighted by Crippen LogP contribution is -2.33. The highest BCUT2D eigenvalue weighted by molar-refractivity contribution is 6.16. The van der Waals surface area contributed by atoms with E-state index in [4.69, 9.17) is 0 Å². The van der Waals surface area contributed by atoms with Gasteiger partial charge in [0, 0.05) is 21.6 Å². The molecule has 1 heteroatoms. The van der Waals surface area contributed by atoms with Crippen LogP contribution in [0.5, 0.6) is 0 Å². The SMILES string of the molecule is C=C/C=C(C=C)/C=c1\cccc\c1=C(/c1cc2c3c(c1)c1cc(-c4ccccc4)cc4c1n3-c1c(cccc1C4(C)C)C2(C)C)c1ccccc1C.CC. The van der Waals surface area contributed by atoms with Crippen molar-refractivity contribution in [3.05, 3.63) is 208 Å². The minimum atomic E-state index is -0.231. The second-order valence-corrected chi connectivity index (χ2v) is 15.5. The Morgan fingerprint density at radius 1 is 0.611 bits per heavy atom. The fourth-order valence-electron chi connectivity index (χ4n) is 9.13.